The quantitative estimate of drug-likeness (QED) is 0.636. The average molecular weight is 206 g/mol. The van der Waals surface area contributed by atoms with E-state index in [4.69, 9.17) is 0 Å². The lowest BCUT2D eigenvalue weighted by Crippen LogP contribution is -1.87. The van der Waals surface area contributed by atoms with Crippen LogP contribution in [0.25, 0.3) is 10.9 Å². The summed E-state index contributed by atoms with van der Waals surface area (Å²) in [5, 5.41) is 5.31. The second-order valence-corrected chi connectivity index (χ2v) is 3.03. The summed E-state index contributed by atoms with van der Waals surface area (Å²) in [5.74, 6) is 0. The van der Waals surface area contributed by atoms with Gasteiger partial charge in [0, 0.05) is 12.4 Å². The molecule has 0 radical (unpaired) electrons. The molecule has 0 fully saturated rings. The molecule has 2 aromatic rings. The summed E-state index contributed by atoms with van der Waals surface area (Å²) >= 11 is 0. The highest BCUT2D eigenvalue weighted by Gasteiger charge is 1.93. The minimum Gasteiger partial charge on any atom is -0.268 e. The fraction of sp³-hybridized carbons (Fsp3) is 0.462. The highest BCUT2D eigenvalue weighted by molar-refractivity contribution is 5.78. The molecular weight excluding hydrogens is 184 g/mol. The molecule has 2 rings (SSSR count). The van der Waals surface area contributed by atoms with Gasteiger partial charge in [0.1, 0.15) is 0 Å². The number of nitrogens with zero attached hydrogens (tertiary/aromatic N) is 2. The molecule has 0 aliphatic rings. The number of hydrogen-bond acceptors (Lipinski definition) is 1. The molecule has 0 spiro atoms. The Balaban J connectivity index is 0.000000342. The van der Waals surface area contributed by atoms with E-state index in [0.717, 1.165) is 0 Å². The van der Waals surface area contributed by atoms with Crippen LogP contribution in [-0.2, 0) is 7.05 Å². The van der Waals surface area contributed by atoms with Gasteiger partial charge in [-0.25, -0.2) is 0 Å². The number of hydrogen-bond donors (Lipinski definition) is 0. The van der Waals surface area contributed by atoms with Crippen LogP contribution in [-0.4, -0.2) is 9.78 Å². The lowest BCUT2D eigenvalue weighted by atomic mass is 10.3. The van der Waals surface area contributed by atoms with Gasteiger partial charge in [-0.15, -0.1) is 0 Å². The molecule has 0 unspecified atom stereocenters. The molecule has 15 heavy (non-hydrogen) atoms. The van der Waals surface area contributed by atoms with E-state index in [-0.39, 0.29) is 0 Å². The van der Waals surface area contributed by atoms with Crippen LogP contribution in [0.3, 0.4) is 0 Å². The first kappa shape index (κ1) is 13.7. The molecule has 0 saturated carbocycles. The van der Waals surface area contributed by atoms with E-state index in [1.54, 1.807) is 0 Å². The van der Waals surface area contributed by atoms with Crippen LogP contribution >= 0.6 is 0 Å². The van der Waals surface area contributed by atoms with E-state index in [1.807, 2.05) is 43.9 Å². The number of benzene rings is 1. The predicted octanol–water partition coefficient (Wildman–Crippen LogP) is 4.02. The third-order valence-corrected chi connectivity index (χ3v) is 1.66. The van der Waals surface area contributed by atoms with Gasteiger partial charge < -0.3 is 0 Å². The van der Waals surface area contributed by atoms with Gasteiger partial charge in [-0.2, -0.15) is 5.10 Å². The van der Waals surface area contributed by atoms with Crippen LogP contribution in [0, 0.1) is 0 Å². The summed E-state index contributed by atoms with van der Waals surface area (Å²) in [6.45, 7) is 8.25. The summed E-state index contributed by atoms with van der Waals surface area (Å²) in [7, 11) is 1.95. The Labute approximate surface area is 92.9 Å². The zero-order valence-electron chi connectivity index (χ0n) is 10.5. The molecule has 84 valence electrons. The number of rotatable bonds is 0. The fourth-order valence-electron chi connectivity index (χ4n) is 1.10. The Kier molecular flexibility index (Phi) is 7.33. The maximum atomic E-state index is 4.11. The smallest absolute Gasteiger partial charge is 0.0679 e. The van der Waals surface area contributed by atoms with Gasteiger partial charge in [-0.1, -0.05) is 52.3 Å². The zero-order chi connectivity index (χ0) is 11.7. The van der Waals surface area contributed by atoms with Crippen molar-refractivity contribution in [1.29, 1.82) is 0 Å². The molecule has 1 aromatic heterocycles. The Bertz CT molecular complexity index is 363. The van der Waals surface area contributed by atoms with E-state index in [2.05, 4.69) is 31.1 Å². The number of aryl methyl sites for hydroxylation is 1. The first-order chi connectivity index (χ1) is 7.29. The van der Waals surface area contributed by atoms with E-state index in [9.17, 15) is 0 Å². The van der Waals surface area contributed by atoms with Crippen LogP contribution in [0.4, 0.5) is 0 Å². The van der Waals surface area contributed by atoms with Crippen molar-refractivity contribution in [3.8, 4) is 0 Å². The minimum absolute atomic E-state index is 1.18. The molecule has 0 N–H and O–H groups in total. The Hall–Kier alpha value is -1.31. The molecule has 0 amide bonds. The average Bonchev–Trinajstić information content (AvgIpc) is 2.65. The number of fused-ring (bicyclic) bond motifs is 1. The lowest BCUT2D eigenvalue weighted by molar-refractivity contribution is 0.797. The van der Waals surface area contributed by atoms with Gasteiger partial charge in [-0.3, -0.25) is 4.68 Å². The summed E-state index contributed by atoms with van der Waals surface area (Å²) < 4.78 is 1.87. The Morgan fingerprint density at radius 2 is 1.67 bits per heavy atom. The van der Waals surface area contributed by atoms with Crippen LogP contribution in [0.15, 0.2) is 30.5 Å². The molecule has 2 nitrogen and oxygen atoms in total. The van der Waals surface area contributed by atoms with Gasteiger partial charge in [0.25, 0.3) is 0 Å². The highest BCUT2D eigenvalue weighted by Crippen LogP contribution is 2.09. The topological polar surface area (TPSA) is 17.8 Å². The molecule has 1 heterocycles. The molecule has 1 aromatic carbocycles. The van der Waals surface area contributed by atoms with Crippen LogP contribution < -0.4 is 0 Å². The normalized spacial score (nSPS) is 8.60. The second kappa shape index (κ2) is 8.04. The molecule has 2 heteroatoms. The van der Waals surface area contributed by atoms with Crippen LogP contribution in [0.5, 0.6) is 0 Å². The van der Waals surface area contributed by atoms with Crippen molar-refractivity contribution < 1.29 is 0 Å². The summed E-state index contributed by atoms with van der Waals surface area (Å²) in [6.07, 6.45) is 3.12. The maximum absolute atomic E-state index is 4.11. The predicted molar refractivity (Wildman–Crippen MR) is 68.0 cm³/mol. The van der Waals surface area contributed by atoms with E-state index < -0.39 is 0 Å². The van der Waals surface area contributed by atoms with Gasteiger partial charge in [-0.05, 0) is 6.07 Å². The second-order valence-electron chi connectivity index (χ2n) is 3.03. The number of aromatic nitrogens is 2. The maximum Gasteiger partial charge on any atom is 0.0679 e. The van der Waals surface area contributed by atoms with Crippen molar-refractivity contribution in [2.75, 3.05) is 0 Å². The third kappa shape index (κ3) is 4.15. The summed E-state index contributed by atoms with van der Waals surface area (Å²) in [4.78, 5) is 0. The zero-order valence-corrected chi connectivity index (χ0v) is 10.5. The first-order valence-electron chi connectivity index (χ1n) is 5.66. The van der Waals surface area contributed by atoms with Crippen molar-refractivity contribution in [1.82, 2.24) is 9.78 Å². The van der Waals surface area contributed by atoms with Gasteiger partial charge in [0.05, 0.1) is 11.7 Å². The van der Waals surface area contributed by atoms with Crippen molar-refractivity contribution in [2.45, 2.75) is 34.1 Å². The van der Waals surface area contributed by atoms with Crippen molar-refractivity contribution in [2.24, 2.45) is 7.05 Å². The SMILES string of the molecule is CC.CCC.Cn1ncc2ccccc21. The Morgan fingerprint density at radius 3 is 2.20 bits per heavy atom. The van der Waals surface area contributed by atoms with Gasteiger partial charge >= 0.3 is 0 Å². The fourth-order valence-corrected chi connectivity index (χ4v) is 1.10. The minimum atomic E-state index is 1.18. The van der Waals surface area contributed by atoms with Crippen molar-refractivity contribution in [3.05, 3.63) is 30.5 Å². The molecule has 0 saturated heterocycles. The first-order valence-corrected chi connectivity index (χ1v) is 5.66. The molecule has 0 aliphatic carbocycles. The van der Waals surface area contributed by atoms with Crippen LogP contribution in [0.2, 0.25) is 0 Å². The Morgan fingerprint density at radius 1 is 1.13 bits per heavy atom. The molecule has 0 bridgehead atoms. The van der Waals surface area contributed by atoms with Crippen LogP contribution in [0.1, 0.15) is 34.1 Å². The molecule has 0 aliphatic heterocycles. The van der Waals surface area contributed by atoms with Gasteiger partial charge in [0.15, 0.2) is 0 Å². The third-order valence-electron chi connectivity index (χ3n) is 1.66. The van der Waals surface area contributed by atoms with Crippen molar-refractivity contribution in [3.63, 3.8) is 0 Å². The van der Waals surface area contributed by atoms with E-state index in [0.29, 0.717) is 0 Å². The highest BCUT2D eigenvalue weighted by atomic mass is 15.2. The van der Waals surface area contributed by atoms with Crippen molar-refractivity contribution >= 4 is 10.9 Å². The monoisotopic (exact) mass is 206 g/mol. The standard InChI is InChI=1S/C8H8N2.C3H8.C2H6/c1-10-8-5-3-2-4-7(8)6-9-10;1-3-2;1-2/h2-6H,1H3;3H2,1-2H3;1-2H3. The summed E-state index contributed by atoms with van der Waals surface area (Å²) in [6, 6.07) is 8.15. The molecular formula is C13H22N2. The van der Waals surface area contributed by atoms with E-state index in [1.165, 1.54) is 17.3 Å². The lowest BCUT2D eigenvalue weighted by Gasteiger charge is -1.90. The van der Waals surface area contributed by atoms with E-state index >= 15 is 0 Å². The largest absolute Gasteiger partial charge is 0.268 e. The molecule has 0 atom stereocenters. The summed E-state index contributed by atoms with van der Waals surface area (Å²) in [5.41, 5.74) is 1.18. The van der Waals surface area contributed by atoms with Gasteiger partial charge in [0.2, 0.25) is 0 Å². The number of para-hydroxylation sites is 1.